The molecule has 1 atom stereocenters. The molecule has 1 aliphatic rings. The van der Waals surface area contributed by atoms with E-state index in [1.807, 2.05) is 24.3 Å². The summed E-state index contributed by atoms with van der Waals surface area (Å²) in [6, 6.07) is 18.5. The molecule has 0 saturated carbocycles. The number of hydrogen-bond acceptors (Lipinski definition) is 8. The molecular weight excluding hydrogens is 500 g/mol. The second kappa shape index (κ2) is 10.1. The van der Waals surface area contributed by atoms with Crippen molar-refractivity contribution in [3.05, 3.63) is 84.8 Å². The molecule has 1 fully saturated rings. The summed E-state index contributed by atoms with van der Waals surface area (Å²) in [5, 5.41) is 14.0. The fourth-order valence-electron chi connectivity index (χ4n) is 5.06. The molecule has 1 unspecified atom stereocenters. The van der Waals surface area contributed by atoms with Crippen LogP contribution in [0.25, 0.3) is 21.9 Å². The van der Waals surface area contributed by atoms with Crippen molar-refractivity contribution in [2.24, 2.45) is 5.92 Å². The van der Waals surface area contributed by atoms with Crippen LogP contribution in [0.3, 0.4) is 0 Å². The summed E-state index contributed by atoms with van der Waals surface area (Å²) in [7, 11) is -3.95. The number of para-hydroxylation sites is 1. The number of aromatic nitrogens is 4. The van der Waals surface area contributed by atoms with Crippen molar-refractivity contribution in [2.75, 3.05) is 25.0 Å². The molecule has 0 amide bonds. The number of anilines is 2. The molecule has 10 heteroatoms. The second-order valence-corrected chi connectivity index (χ2v) is 11.5. The van der Waals surface area contributed by atoms with Gasteiger partial charge in [-0.15, -0.1) is 0 Å². The van der Waals surface area contributed by atoms with Crippen LogP contribution in [0, 0.1) is 5.92 Å². The van der Waals surface area contributed by atoms with Crippen LogP contribution >= 0.6 is 0 Å². The van der Waals surface area contributed by atoms with E-state index in [2.05, 4.69) is 37.3 Å². The Morgan fingerprint density at radius 3 is 2.68 bits per heavy atom. The van der Waals surface area contributed by atoms with Crippen LogP contribution in [0.1, 0.15) is 18.4 Å². The lowest BCUT2D eigenvalue weighted by atomic mass is 9.98. The van der Waals surface area contributed by atoms with Crippen molar-refractivity contribution in [3.8, 4) is 0 Å². The Morgan fingerprint density at radius 2 is 1.84 bits per heavy atom. The van der Waals surface area contributed by atoms with Crippen LogP contribution in [-0.2, 0) is 16.6 Å². The van der Waals surface area contributed by atoms with Gasteiger partial charge in [0.15, 0.2) is 5.65 Å². The Hall–Kier alpha value is -3.86. The van der Waals surface area contributed by atoms with E-state index in [4.69, 9.17) is 0 Å². The van der Waals surface area contributed by atoms with Gasteiger partial charge in [0, 0.05) is 54.7 Å². The number of benzene rings is 2. The highest BCUT2D eigenvalue weighted by Gasteiger charge is 2.23. The lowest BCUT2D eigenvalue weighted by molar-refractivity contribution is 0.116. The zero-order valence-electron chi connectivity index (χ0n) is 20.7. The van der Waals surface area contributed by atoms with Gasteiger partial charge in [-0.25, -0.2) is 17.4 Å². The van der Waals surface area contributed by atoms with Gasteiger partial charge < -0.3 is 10.4 Å². The van der Waals surface area contributed by atoms with Crippen molar-refractivity contribution in [3.63, 3.8) is 0 Å². The van der Waals surface area contributed by atoms with Gasteiger partial charge in [-0.1, -0.05) is 30.3 Å². The number of aliphatic hydroxyl groups is 1. The van der Waals surface area contributed by atoms with Gasteiger partial charge in [0.1, 0.15) is 4.90 Å². The van der Waals surface area contributed by atoms with Crippen molar-refractivity contribution in [1.82, 2.24) is 23.8 Å². The SMILES string of the molecule is O=S(=O)(c1cccc2cccnc12)n1ccc2cnc(Nc3ccc(CN4CCCC(CO)C4)cc3)nc21. The van der Waals surface area contributed by atoms with Gasteiger partial charge >= 0.3 is 0 Å². The Bertz CT molecular complexity index is 1700. The summed E-state index contributed by atoms with van der Waals surface area (Å²) in [5.41, 5.74) is 2.70. The molecule has 2 N–H and O–H groups in total. The van der Waals surface area contributed by atoms with Crippen LogP contribution in [0.5, 0.6) is 0 Å². The van der Waals surface area contributed by atoms with E-state index < -0.39 is 10.0 Å². The predicted octanol–water partition coefficient (Wildman–Crippen LogP) is 4.16. The van der Waals surface area contributed by atoms with Crippen LogP contribution in [-0.4, -0.2) is 57.0 Å². The van der Waals surface area contributed by atoms with Crippen molar-refractivity contribution >= 4 is 43.6 Å². The van der Waals surface area contributed by atoms with Crippen LogP contribution in [0.15, 0.2) is 84.1 Å². The number of nitrogens with zero attached hydrogens (tertiary/aromatic N) is 5. The summed E-state index contributed by atoms with van der Waals surface area (Å²) in [4.78, 5) is 15.7. The summed E-state index contributed by atoms with van der Waals surface area (Å²) in [6.45, 7) is 3.05. The first-order chi connectivity index (χ1) is 18.5. The molecule has 0 spiro atoms. The van der Waals surface area contributed by atoms with E-state index in [1.165, 1.54) is 15.7 Å². The van der Waals surface area contributed by atoms with E-state index >= 15 is 0 Å². The van der Waals surface area contributed by atoms with Crippen molar-refractivity contribution in [2.45, 2.75) is 24.3 Å². The highest BCUT2D eigenvalue weighted by Crippen LogP contribution is 2.27. The van der Waals surface area contributed by atoms with Crippen LogP contribution in [0.4, 0.5) is 11.6 Å². The molecule has 0 aliphatic carbocycles. The van der Waals surface area contributed by atoms with E-state index in [9.17, 15) is 13.5 Å². The number of hydrogen-bond donors (Lipinski definition) is 2. The second-order valence-electron chi connectivity index (χ2n) is 9.67. The zero-order chi connectivity index (χ0) is 26.1. The van der Waals surface area contributed by atoms with E-state index in [0.29, 0.717) is 22.8 Å². The van der Waals surface area contributed by atoms with Gasteiger partial charge in [0.2, 0.25) is 5.95 Å². The molecule has 9 nitrogen and oxygen atoms in total. The minimum absolute atomic E-state index is 0.121. The van der Waals surface area contributed by atoms with Gasteiger partial charge in [-0.2, -0.15) is 4.98 Å². The average Bonchev–Trinajstić information content (AvgIpc) is 3.38. The fraction of sp³-hybridized carbons (Fsp3) is 0.250. The molecule has 0 radical (unpaired) electrons. The molecule has 5 aromatic rings. The lowest BCUT2D eigenvalue weighted by Gasteiger charge is -2.31. The topological polar surface area (TPSA) is 113 Å². The van der Waals surface area contributed by atoms with Crippen molar-refractivity contribution < 1.29 is 13.5 Å². The lowest BCUT2D eigenvalue weighted by Crippen LogP contribution is -2.36. The first-order valence-electron chi connectivity index (χ1n) is 12.6. The molecule has 6 rings (SSSR count). The number of fused-ring (bicyclic) bond motifs is 2. The van der Waals surface area contributed by atoms with E-state index in [0.717, 1.165) is 43.5 Å². The summed E-state index contributed by atoms with van der Waals surface area (Å²) >= 11 is 0. The maximum Gasteiger partial charge on any atom is 0.271 e. The predicted molar refractivity (Wildman–Crippen MR) is 147 cm³/mol. The van der Waals surface area contributed by atoms with Gasteiger partial charge in [0.05, 0.1) is 5.52 Å². The monoisotopic (exact) mass is 528 g/mol. The number of rotatable bonds is 7. The Balaban J connectivity index is 1.24. The van der Waals surface area contributed by atoms with Crippen molar-refractivity contribution in [1.29, 1.82) is 0 Å². The molecule has 38 heavy (non-hydrogen) atoms. The molecule has 1 aliphatic heterocycles. The Kier molecular flexibility index (Phi) is 6.52. The van der Waals surface area contributed by atoms with E-state index in [1.54, 1.807) is 36.7 Å². The molecule has 1 saturated heterocycles. The first kappa shape index (κ1) is 24.5. The zero-order valence-corrected chi connectivity index (χ0v) is 21.6. The summed E-state index contributed by atoms with van der Waals surface area (Å²) in [5.74, 6) is 0.662. The largest absolute Gasteiger partial charge is 0.396 e. The maximum atomic E-state index is 13.7. The molecule has 194 valence electrons. The highest BCUT2D eigenvalue weighted by atomic mass is 32.2. The third-order valence-corrected chi connectivity index (χ3v) is 8.70. The standard InChI is InChI=1S/C28H28N6O3S/c35-19-21-4-3-14-33(18-21)17-20-8-10-24(11-9-20)31-28-30-16-23-12-15-34(27(23)32-28)38(36,37)25-7-1-5-22-6-2-13-29-26(22)25/h1-2,5-13,15-16,21,35H,3-4,14,17-19H2,(H,30,31,32). The van der Waals surface area contributed by atoms with Crippen LogP contribution in [0.2, 0.25) is 0 Å². The highest BCUT2D eigenvalue weighted by molar-refractivity contribution is 7.90. The van der Waals surface area contributed by atoms with Gasteiger partial charge in [0.25, 0.3) is 10.0 Å². The molecule has 2 aromatic carbocycles. The first-order valence-corrected chi connectivity index (χ1v) is 14.1. The third kappa shape index (κ3) is 4.73. The van der Waals surface area contributed by atoms with E-state index in [-0.39, 0.29) is 17.1 Å². The van der Waals surface area contributed by atoms with Crippen LogP contribution < -0.4 is 5.32 Å². The number of likely N-dealkylation sites (tertiary alicyclic amines) is 1. The Labute approximate surface area is 220 Å². The fourth-order valence-corrected chi connectivity index (χ4v) is 6.54. The molecule has 0 bridgehead atoms. The molecular formula is C28H28N6O3S. The number of aliphatic hydroxyl groups excluding tert-OH is 1. The normalized spacial score (nSPS) is 16.7. The molecule has 4 heterocycles. The molecule has 3 aromatic heterocycles. The average molecular weight is 529 g/mol. The minimum Gasteiger partial charge on any atom is -0.396 e. The number of nitrogens with one attached hydrogen (secondary N) is 1. The van der Waals surface area contributed by atoms with Gasteiger partial charge in [-0.05, 0) is 61.2 Å². The summed E-state index contributed by atoms with van der Waals surface area (Å²) in [6.07, 6.45) is 6.89. The number of piperidine rings is 1. The Morgan fingerprint density at radius 1 is 1.00 bits per heavy atom. The summed E-state index contributed by atoms with van der Waals surface area (Å²) < 4.78 is 28.5. The maximum absolute atomic E-state index is 13.7. The minimum atomic E-state index is -3.95. The third-order valence-electron chi connectivity index (χ3n) is 7.00. The smallest absolute Gasteiger partial charge is 0.271 e. The number of pyridine rings is 1. The quantitative estimate of drug-likeness (QED) is 0.324. The van der Waals surface area contributed by atoms with Gasteiger partial charge in [-0.3, -0.25) is 9.88 Å².